The Hall–Kier alpha value is -3.16. The highest BCUT2D eigenvalue weighted by Gasteiger charge is 2.19. The van der Waals surface area contributed by atoms with Crippen molar-refractivity contribution in [3.63, 3.8) is 0 Å². The third-order valence-electron chi connectivity index (χ3n) is 4.94. The number of hydrogen-bond donors (Lipinski definition) is 2. The van der Waals surface area contributed by atoms with Gasteiger partial charge in [-0.2, -0.15) is 0 Å². The quantitative estimate of drug-likeness (QED) is 0.480. The first-order valence-electron chi connectivity index (χ1n) is 10.6. The van der Waals surface area contributed by atoms with Gasteiger partial charge in [0, 0.05) is 12.2 Å². The van der Waals surface area contributed by atoms with Crippen LogP contribution >= 0.6 is 0 Å². The number of nitrogens with one attached hydrogen (secondary N) is 2. The van der Waals surface area contributed by atoms with E-state index in [1.807, 2.05) is 68.4 Å². The van der Waals surface area contributed by atoms with Crippen molar-refractivity contribution in [2.24, 2.45) is 0 Å². The van der Waals surface area contributed by atoms with E-state index in [0.29, 0.717) is 30.8 Å². The molecule has 1 unspecified atom stereocenters. The van der Waals surface area contributed by atoms with Crippen LogP contribution in [-0.4, -0.2) is 27.0 Å². The van der Waals surface area contributed by atoms with Gasteiger partial charge in [-0.15, -0.1) is 0 Å². The lowest BCUT2D eigenvalue weighted by molar-refractivity contribution is -0.122. The molecule has 0 aliphatic carbocycles. The first-order valence-corrected chi connectivity index (χ1v) is 12.0. The second kappa shape index (κ2) is 10.9. The standard InChI is InChI=1S/C25H28N2O4S/c1-3-24(31-22-13-9-19(2)10-14-22)25(28)27-21-11-15-23(16-12-21)32(29,30)26-18-17-20-7-5-4-6-8-20/h4-16,24,26H,3,17-18H2,1-2H3,(H,27,28). The van der Waals surface area contributed by atoms with E-state index in [9.17, 15) is 13.2 Å². The van der Waals surface area contributed by atoms with Gasteiger partial charge < -0.3 is 10.1 Å². The van der Waals surface area contributed by atoms with Gasteiger partial charge in [-0.3, -0.25) is 4.79 Å². The van der Waals surface area contributed by atoms with E-state index in [1.165, 1.54) is 12.1 Å². The van der Waals surface area contributed by atoms with Crippen molar-refractivity contribution in [3.05, 3.63) is 90.0 Å². The minimum Gasteiger partial charge on any atom is -0.481 e. The molecule has 0 radical (unpaired) electrons. The van der Waals surface area contributed by atoms with Gasteiger partial charge in [0.05, 0.1) is 4.90 Å². The number of aryl methyl sites for hydroxylation is 1. The maximum absolute atomic E-state index is 12.6. The SMILES string of the molecule is CCC(Oc1ccc(C)cc1)C(=O)Nc1ccc(S(=O)(=O)NCCc2ccccc2)cc1. The zero-order chi connectivity index (χ0) is 23.0. The molecule has 0 aliphatic heterocycles. The van der Waals surface area contributed by atoms with Crippen LogP contribution in [-0.2, 0) is 21.2 Å². The molecular weight excluding hydrogens is 424 g/mol. The molecule has 0 aromatic heterocycles. The molecule has 7 heteroatoms. The van der Waals surface area contributed by atoms with Gasteiger partial charge in [0.1, 0.15) is 5.75 Å². The molecule has 1 amide bonds. The number of amides is 1. The lowest BCUT2D eigenvalue weighted by atomic mass is 10.2. The Morgan fingerprint density at radius 3 is 2.22 bits per heavy atom. The first-order chi connectivity index (χ1) is 15.4. The Kier molecular flexibility index (Phi) is 8.03. The summed E-state index contributed by atoms with van der Waals surface area (Å²) in [5, 5.41) is 2.79. The van der Waals surface area contributed by atoms with Gasteiger partial charge in [-0.05, 0) is 61.7 Å². The van der Waals surface area contributed by atoms with Gasteiger partial charge >= 0.3 is 0 Å². The van der Waals surface area contributed by atoms with Crippen molar-refractivity contribution < 1.29 is 17.9 Å². The molecule has 3 aromatic carbocycles. The van der Waals surface area contributed by atoms with Gasteiger partial charge in [0.15, 0.2) is 6.10 Å². The molecule has 3 aromatic rings. The number of ether oxygens (including phenoxy) is 1. The van der Waals surface area contributed by atoms with E-state index in [0.717, 1.165) is 11.1 Å². The Morgan fingerprint density at radius 2 is 1.59 bits per heavy atom. The van der Waals surface area contributed by atoms with E-state index in [2.05, 4.69) is 10.0 Å². The molecule has 0 saturated heterocycles. The average molecular weight is 453 g/mol. The fraction of sp³-hybridized carbons (Fsp3) is 0.240. The van der Waals surface area contributed by atoms with Crippen molar-refractivity contribution in [2.75, 3.05) is 11.9 Å². The summed E-state index contributed by atoms with van der Waals surface area (Å²) in [4.78, 5) is 12.8. The summed E-state index contributed by atoms with van der Waals surface area (Å²) in [6.45, 7) is 4.16. The number of carbonyl (C=O) groups is 1. The smallest absolute Gasteiger partial charge is 0.265 e. The number of hydrogen-bond acceptors (Lipinski definition) is 4. The molecule has 0 saturated carbocycles. The lowest BCUT2D eigenvalue weighted by Crippen LogP contribution is -2.32. The molecular formula is C25H28N2O4S. The molecule has 1 atom stereocenters. The Morgan fingerprint density at radius 1 is 0.938 bits per heavy atom. The van der Waals surface area contributed by atoms with Crippen LogP contribution in [0.25, 0.3) is 0 Å². The van der Waals surface area contributed by atoms with Gasteiger partial charge in [0.25, 0.3) is 5.91 Å². The Labute approximate surface area is 189 Å². The summed E-state index contributed by atoms with van der Waals surface area (Å²) < 4.78 is 33.4. The van der Waals surface area contributed by atoms with Crippen molar-refractivity contribution in [1.82, 2.24) is 4.72 Å². The summed E-state index contributed by atoms with van der Waals surface area (Å²) in [5.41, 5.74) is 2.68. The van der Waals surface area contributed by atoms with Crippen molar-refractivity contribution in [1.29, 1.82) is 0 Å². The summed E-state index contributed by atoms with van der Waals surface area (Å²) in [7, 11) is -3.63. The largest absolute Gasteiger partial charge is 0.481 e. The zero-order valence-corrected chi connectivity index (χ0v) is 19.1. The van der Waals surface area contributed by atoms with Crippen LogP contribution in [0.4, 0.5) is 5.69 Å². The fourth-order valence-corrected chi connectivity index (χ4v) is 4.13. The van der Waals surface area contributed by atoms with Gasteiger partial charge in [-0.1, -0.05) is 55.0 Å². The molecule has 168 valence electrons. The number of carbonyl (C=O) groups excluding carboxylic acids is 1. The minimum absolute atomic E-state index is 0.145. The van der Waals surface area contributed by atoms with Crippen LogP contribution in [0.5, 0.6) is 5.75 Å². The second-order valence-corrected chi connectivity index (χ2v) is 9.24. The van der Waals surface area contributed by atoms with E-state index in [4.69, 9.17) is 4.74 Å². The van der Waals surface area contributed by atoms with E-state index >= 15 is 0 Å². The van der Waals surface area contributed by atoms with Crippen molar-refractivity contribution in [2.45, 2.75) is 37.7 Å². The molecule has 0 bridgehead atoms. The molecule has 0 fully saturated rings. The molecule has 32 heavy (non-hydrogen) atoms. The highest BCUT2D eigenvalue weighted by molar-refractivity contribution is 7.89. The Balaban J connectivity index is 1.56. The zero-order valence-electron chi connectivity index (χ0n) is 18.2. The summed E-state index contributed by atoms with van der Waals surface area (Å²) in [6, 6.07) is 23.3. The highest BCUT2D eigenvalue weighted by Crippen LogP contribution is 2.18. The van der Waals surface area contributed by atoms with Crippen molar-refractivity contribution >= 4 is 21.6 Å². The predicted molar refractivity (Wildman–Crippen MR) is 126 cm³/mol. The third kappa shape index (κ3) is 6.67. The lowest BCUT2D eigenvalue weighted by Gasteiger charge is -2.17. The maximum Gasteiger partial charge on any atom is 0.265 e. The third-order valence-corrected chi connectivity index (χ3v) is 6.42. The predicted octanol–water partition coefficient (Wildman–Crippen LogP) is 4.31. The molecule has 2 N–H and O–H groups in total. The Bertz CT molecular complexity index is 1110. The maximum atomic E-state index is 12.6. The van der Waals surface area contributed by atoms with Crippen LogP contribution in [0, 0.1) is 6.92 Å². The number of anilines is 1. The number of sulfonamides is 1. The van der Waals surface area contributed by atoms with Crippen molar-refractivity contribution in [3.8, 4) is 5.75 Å². The van der Waals surface area contributed by atoms with E-state index in [-0.39, 0.29) is 10.8 Å². The second-order valence-electron chi connectivity index (χ2n) is 7.47. The molecule has 3 rings (SSSR count). The fourth-order valence-electron chi connectivity index (χ4n) is 3.10. The topological polar surface area (TPSA) is 84.5 Å². The number of rotatable bonds is 10. The minimum atomic E-state index is -3.63. The van der Waals surface area contributed by atoms with E-state index < -0.39 is 16.1 Å². The van der Waals surface area contributed by atoms with Crippen LogP contribution in [0.2, 0.25) is 0 Å². The van der Waals surface area contributed by atoms with Crippen LogP contribution in [0.1, 0.15) is 24.5 Å². The molecule has 0 aliphatic rings. The van der Waals surface area contributed by atoms with Crippen LogP contribution < -0.4 is 14.8 Å². The van der Waals surface area contributed by atoms with Gasteiger partial charge in [0.2, 0.25) is 10.0 Å². The van der Waals surface area contributed by atoms with E-state index in [1.54, 1.807) is 12.1 Å². The summed E-state index contributed by atoms with van der Waals surface area (Å²) >= 11 is 0. The number of benzene rings is 3. The first kappa shape index (κ1) is 23.5. The summed E-state index contributed by atoms with van der Waals surface area (Å²) in [5.74, 6) is 0.338. The van der Waals surface area contributed by atoms with Crippen LogP contribution in [0.15, 0.2) is 83.8 Å². The average Bonchev–Trinajstić information content (AvgIpc) is 2.79. The molecule has 0 spiro atoms. The highest BCUT2D eigenvalue weighted by atomic mass is 32.2. The van der Waals surface area contributed by atoms with Crippen LogP contribution in [0.3, 0.4) is 0 Å². The summed E-state index contributed by atoms with van der Waals surface area (Å²) in [6.07, 6.45) is 0.450. The monoisotopic (exact) mass is 452 g/mol. The van der Waals surface area contributed by atoms with Gasteiger partial charge in [-0.25, -0.2) is 13.1 Å². The normalized spacial score (nSPS) is 12.2. The molecule has 0 heterocycles. The molecule has 6 nitrogen and oxygen atoms in total.